The first-order valence-electron chi connectivity index (χ1n) is 13.8. The fraction of sp³-hybridized carbons (Fsp3) is 0.733. The number of rotatable bonds is 18. The average Bonchev–Trinajstić information content (AvgIpc) is 2.82. The summed E-state index contributed by atoms with van der Waals surface area (Å²) < 4.78 is 0. The second-order valence-corrected chi connectivity index (χ2v) is 10.6. The van der Waals surface area contributed by atoms with Crippen LogP contribution in [0.5, 0.6) is 0 Å². The minimum atomic E-state index is -0.0984. The normalized spacial score (nSPS) is 12.0. The van der Waals surface area contributed by atoms with Crippen molar-refractivity contribution in [3.8, 4) is 0 Å². The molecule has 0 aliphatic carbocycles. The Kier molecular flexibility index (Phi) is 14.5. The molecule has 1 rings (SSSR count). The topological polar surface area (TPSA) is 40.6 Å². The largest absolute Gasteiger partial charge is 0.304 e. The lowest BCUT2D eigenvalue weighted by Gasteiger charge is -2.21. The van der Waals surface area contributed by atoms with Gasteiger partial charge in [0.05, 0.1) is 0 Å². The van der Waals surface area contributed by atoms with Crippen molar-refractivity contribution in [3.05, 3.63) is 34.9 Å². The quantitative estimate of drug-likeness (QED) is 0.168. The van der Waals surface area contributed by atoms with Crippen LogP contribution in [0.25, 0.3) is 0 Å². The first kappa shape index (κ1) is 30.5. The zero-order chi connectivity index (χ0) is 25.6. The van der Waals surface area contributed by atoms with E-state index in [1.54, 1.807) is 0 Å². The fourth-order valence-electron chi connectivity index (χ4n) is 4.35. The molecule has 0 aromatic heterocycles. The number of carbonyl (C=O) groups excluding carboxylic acids is 2. The highest BCUT2D eigenvalue weighted by Crippen LogP contribution is 2.26. The van der Waals surface area contributed by atoms with Gasteiger partial charge in [-0.1, -0.05) is 61.3 Å². The van der Waals surface area contributed by atoms with Crippen molar-refractivity contribution >= 4 is 11.6 Å². The maximum Gasteiger partial charge on any atom is 0.162 e. The predicted octanol–water partition coefficient (Wildman–Crippen LogP) is 7.15. The summed E-state index contributed by atoms with van der Waals surface area (Å²) in [5.74, 6) is 0.337. The van der Waals surface area contributed by atoms with Crippen LogP contribution in [-0.4, -0.2) is 60.6 Å². The van der Waals surface area contributed by atoms with Gasteiger partial charge in [-0.05, 0) is 94.1 Å². The van der Waals surface area contributed by atoms with Crippen LogP contribution < -0.4 is 0 Å². The van der Waals surface area contributed by atoms with Gasteiger partial charge in [-0.15, -0.1) is 0 Å². The van der Waals surface area contributed by atoms with E-state index in [9.17, 15) is 9.59 Å². The first-order valence-corrected chi connectivity index (χ1v) is 13.8. The lowest BCUT2D eigenvalue weighted by molar-refractivity contribution is 0.0978. The number of unbranched alkanes of at least 4 members (excludes halogenated alkanes) is 4. The van der Waals surface area contributed by atoms with Crippen LogP contribution in [0.4, 0.5) is 0 Å². The summed E-state index contributed by atoms with van der Waals surface area (Å²) in [5.41, 5.74) is 2.39. The molecule has 1 aromatic carbocycles. The number of carbonyl (C=O) groups is 2. The van der Waals surface area contributed by atoms with Crippen molar-refractivity contribution < 1.29 is 9.59 Å². The second kappa shape index (κ2) is 16.2. The number of benzene rings is 1. The molecule has 0 atom stereocenters. The molecule has 0 N–H and O–H groups in total. The van der Waals surface area contributed by atoms with Gasteiger partial charge >= 0.3 is 0 Å². The van der Waals surface area contributed by atoms with Crippen LogP contribution in [0.3, 0.4) is 0 Å². The Bertz CT molecular complexity index is 676. The Hall–Kier alpha value is -1.52. The molecule has 0 radical (unpaired) electrons. The molecule has 4 nitrogen and oxygen atoms in total. The zero-order valence-electron chi connectivity index (χ0n) is 23.3. The first-order chi connectivity index (χ1) is 16.2. The molecule has 0 aliphatic heterocycles. The van der Waals surface area contributed by atoms with Crippen molar-refractivity contribution in [2.75, 3.05) is 39.3 Å². The Morgan fingerprint density at radius 2 is 1.00 bits per heavy atom. The fourth-order valence-corrected chi connectivity index (χ4v) is 4.35. The van der Waals surface area contributed by atoms with Crippen molar-refractivity contribution in [1.29, 1.82) is 0 Å². The molecule has 0 amide bonds. The number of hydrogen-bond acceptors (Lipinski definition) is 4. The molecule has 0 spiro atoms. The average molecular weight is 473 g/mol. The van der Waals surface area contributed by atoms with Crippen LogP contribution in [-0.2, 0) is 5.41 Å². The van der Waals surface area contributed by atoms with E-state index in [0.29, 0.717) is 24.0 Å². The maximum absolute atomic E-state index is 13.0. The standard InChI is InChI=1S/C30H52N2O2/c1-8-31(9-2)20-16-12-14-18-28(33)25-22-26(24-27(23-25)30(5,6)7)29(34)19-15-13-17-21-32(10-3)11-4/h22-24H,8-21H2,1-7H3. The van der Waals surface area contributed by atoms with Gasteiger partial charge in [-0.3, -0.25) is 9.59 Å². The molecular formula is C30H52N2O2. The minimum absolute atomic E-state index is 0.0984. The molecule has 0 bridgehead atoms. The van der Waals surface area contributed by atoms with Gasteiger partial charge in [-0.25, -0.2) is 0 Å². The van der Waals surface area contributed by atoms with E-state index in [1.807, 2.05) is 18.2 Å². The molecule has 0 fully saturated rings. The van der Waals surface area contributed by atoms with Crippen molar-refractivity contribution in [2.24, 2.45) is 0 Å². The van der Waals surface area contributed by atoms with E-state index in [1.165, 1.54) is 0 Å². The smallest absolute Gasteiger partial charge is 0.162 e. The van der Waals surface area contributed by atoms with Gasteiger partial charge < -0.3 is 9.80 Å². The molecule has 0 saturated heterocycles. The number of hydrogen-bond donors (Lipinski definition) is 0. The molecule has 0 saturated carbocycles. The lowest BCUT2D eigenvalue weighted by Crippen LogP contribution is -2.23. The Morgan fingerprint density at radius 3 is 1.32 bits per heavy atom. The van der Waals surface area contributed by atoms with Gasteiger partial charge in [0.25, 0.3) is 0 Å². The molecule has 0 unspecified atom stereocenters. The number of ketones is 2. The molecule has 4 heteroatoms. The summed E-state index contributed by atoms with van der Waals surface area (Å²) >= 11 is 0. The summed E-state index contributed by atoms with van der Waals surface area (Å²) in [4.78, 5) is 30.9. The molecule has 0 aliphatic rings. The molecular weight excluding hydrogens is 420 g/mol. The van der Waals surface area contributed by atoms with Crippen molar-refractivity contribution in [3.63, 3.8) is 0 Å². The zero-order valence-corrected chi connectivity index (χ0v) is 23.3. The van der Waals surface area contributed by atoms with E-state index < -0.39 is 0 Å². The van der Waals surface area contributed by atoms with E-state index in [-0.39, 0.29) is 17.0 Å². The van der Waals surface area contributed by atoms with Crippen molar-refractivity contribution in [2.45, 2.75) is 105 Å². The van der Waals surface area contributed by atoms with Gasteiger partial charge in [0.1, 0.15) is 0 Å². The summed E-state index contributed by atoms with van der Waals surface area (Å²) in [5, 5.41) is 0. The Morgan fingerprint density at radius 1 is 0.618 bits per heavy atom. The van der Waals surface area contributed by atoms with Crippen molar-refractivity contribution in [1.82, 2.24) is 9.80 Å². The molecule has 1 aromatic rings. The van der Waals surface area contributed by atoms with E-state index in [4.69, 9.17) is 0 Å². The van der Waals surface area contributed by atoms with Crippen LogP contribution >= 0.6 is 0 Å². The second-order valence-electron chi connectivity index (χ2n) is 10.6. The van der Waals surface area contributed by atoms with Crippen LogP contribution in [0, 0.1) is 0 Å². The number of nitrogens with zero attached hydrogens (tertiary/aromatic N) is 2. The van der Waals surface area contributed by atoms with Crippen LogP contribution in [0.1, 0.15) is 126 Å². The SMILES string of the molecule is CCN(CC)CCCCCC(=O)c1cc(C(=O)CCCCCN(CC)CC)cc(C(C)(C)C)c1. The lowest BCUT2D eigenvalue weighted by atomic mass is 9.83. The van der Waals surface area contributed by atoms with Crippen LogP contribution in [0.2, 0.25) is 0 Å². The maximum atomic E-state index is 13.0. The summed E-state index contributed by atoms with van der Waals surface area (Å²) in [7, 11) is 0. The van der Waals surface area contributed by atoms with E-state index >= 15 is 0 Å². The highest BCUT2D eigenvalue weighted by Gasteiger charge is 2.19. The third-order valence-corrected chi connectivity index (χ3v) is 6.99. The third-order valence-electron chi connectivity index (χ3n) is 6.99. The Labute approximate surface area is 210 Å². The summed E-state index contributed by atoms with van der Waals surface area (Å²) in [6, 6.07) is 5.88. The Balaban J connectivity index is 2.70. The van der Waals surface area contributed by atoms with E-state index in [2.05, 4.69) is 58.3 Å². The van der Waals surface area contributed by atoms with E-state index in [0.717, 1.165) is 83.4 Å². The molecule has 194 valence electrons. The predicted molar refractivity (Wildman–Crippen MR) is 146 cm³/mol. The van der Waals surface area contributed by atoms with Gasteiger partial charge in [0, 0.05) is 24.0 Å². The van der Waals surface area contributed by atoms with Gasteiger partial charge in [0.15, 0.2) is 11.6 Å². The van der Waals surface area contributed by atoms with Gasteiger partial charge in [-0.2, -0.15) is 0 Å². The third kappa shape index (κ3) is 11.3. The van der Waals surface area contributed by atoms with Crippen LogP contribution in [0.15, 0.2) is 18.2 Å². The van der Waals surface area contributed by atoms with Gasteiger partial charge in [0.2, 0.25) is 0 Å². The number of Topliss-reactive ketones (excluding diaryl/α,β-unsaturated/α-hetero) is 2. The minimum Gasteiger partial charge on any atom is -0.304 e. The summed E-state index contributed by atoms with van der Waals surface area (Å²) in [6.07, 6.45) is 7.35. The highest BCUT2D eigenvalue weighted by atomic mass is 16.1. The summed E-state index contributed by atoms with van der Waals surface area (Å²) in [6.45, 7) is 21.8. The monoisotopic (exact) mass is 472 g/mol. The highest BCUT2D eigenvalue weighted by molar-refractivity contribution is 6.01. The molecule has 34 heavy (non-hydrogen) atoms. The molecule has 0 heterocycles.